The number of alkyl halides is 1. The maximum Gasteiger partial charge on any atom is 0.0440 e. The summed E-state index contributed by atoms with van der Waals surface area (Å²) < 4.78 is 0. The van der Waals surface area contributed by atoms with Crippen LogP contribution in [0.3, 0.4) is 0 Å². The first-order valence-electron chi connectivity index (χ1n) is 6.51. The molecule has 0 saturated heterocycles. The summed E-state index contributed by atoms with van der Waals surface area (Å²) in [6.07, 6.45) is 6.48. The van der Waals surface area contributed by atoms with Gasteiger partial charge in [0.25, 0.3) is 0 Å². The van der Waals surface area contributed by atoms with E-state index in [9.17, 15) is 0 Å². The highest BCUT2D eigenvalue weighted by atomic mass is 35.5. The summed E-state index contributed by atoms with van der Waals surface area (Å²) in [4.78, 5) is 0. The van der Waals surface area contributed by atoms with E-state index in [0.29, 0.717) is 5.92 Å². The molecule has 1 unspecified atom stereocenters. The number of hydrogen-bond donors (Lipinski definition) is 0. The molecule has 0 amide bonds. The van der Waals surface area contributed by atoms with Gasteiger partial charge in [-0.1, -0.05) is 49.4 Å². The smallest absolute Gasteiger partial charge is 0.0440 e. The van der Waals surface area contributed by atoms with Gasteiger partial charge in [-0.15, -0.1) is 11.6 Å². The van der Waals surface area contributed by atoms with Gasteiger partial charge in [0, 0.05) is 10.9 Å². The molecule has 0 bridgehead atoms. The van der Waals surface area contributed by atoms with Gasteiger partial charge in [0.2, 0.25) is 0 Å². The van der Waals surface area contributed by atoms with E-state index in [1.54, 1.807) is 0 Å². The molecule has 0 heterocycles. The third-order valence-corrected chi connectivity index (χ3v) is 4.70. The van der Waals surface area contributed by atoms with Gasteiger partial charge in [-0.3, -0.25) is 0 Å². The minimum atomic E-state index is 0.597. The molecule has 1 aromatic rings. The van der Waals surface area contributed by atoms with E-state index >= 15 is 0 Å². The van der Waals surface area contributed by atoms with E-state index in [-0.39, 0.29) is 0 Å². The lowest BCUT2D eigenvalue weighted by Gasteiger charge is -2.21. The van der Waals surface area contributed by atoms with Crippen LogP contribution in [0.1, 0.15) is 36.8 Å². The van der Waals surface area contributed by atoms with Gasteiger partial charge >= 0.3 is 0 Å². The lowest BCUT2D eigenvalue weighted by atomic mass is 9.87. The molecule has 0 N–H and O–H groups in total. The molecule has 0 aliphatic heterocycles. The lowest BCUT2D eigenvalue weighted by molar-refractivity contribution is 0.369. The average Bonchev–Trinajstić information content (AvgIpc) is 2.81. The Labute approximate surface area is 114 Å². The van der Waals surface area contributed by atoms with Gasteiger partial charge in [-0.05, 0) is 42.4 Å². The van der Waals surface area contributed by atoms with Crippen molar-refractivity contribution in [2.24, 2.45) is 11.8 Å². The highest BCUT2D eigenvalue weighted by Crippen LogP contribution is 2.35. The zero-order chi connectivity index (χ0) is 12.3. The van der Waals surface area contributed by atoms with Crippen LogP contribution in [-0.4, -0.2) is 5.88 Å². The van der Waals surface area contributed by atoms with Crippen LogP contribution in [0, 0.1) is 18.8 Å². The predicted molar refractivity (Wildman–Crippen MR) is 76.1 cm³/mol. The van der Waals surface area contributed by atoms with Crippen LogP contribution < -0.4 is 0 Å². The molecule has 2 rings (SSSR count). The van der Waals surface area contributed by atoms with Crippen LogP contribution in [0.2, 0.25) is 5.02 Å². The largest absolute Gasteiger partial charge is 0.126 e. The number of benzene rings is 1. The standard InChI is InChI=1S/C15H20Cl2/c1-11-6-7-13(15(17)8-11)9-14(10-16)12-4-2-3-5-12/h6-8,12,14H,2-5,9-10H2,1H3. The second-order valence-electron chi connectivity index (χ2n) is 5.26. The Morgan fingerprint density at radius 1 is 1.29 bits per heavy atom. The van der Waals surface area contributed by atoms with E-state index in [4.69, 9.17) is 23.2 Å². The molecule has 0 radical (unpaired) electrons. The molecule has 94 valence electrons. The molecule has 1 aliphatic rings. The Balaban J connectivity index is 2.06. The summed E-state index contributed by atoms with van der Waals surface area (Å²) in [5.74, 6) is 2.17. The van der Waals surface area contributed by atoms with Crippen LogP contribution in [0.15, 0.2) is 18.2 Å². The van der Waals surface area contributed by atoms with Crippen LogP contribution in [0.25, 0.3) is 0 Å². The maximum absolute atomic E-state index is 6.29. The fourth-order valence-corrected chi connectivity index (χ4v) is 3.55. The van der Waals surface area contributed by atoms with Crippen molar-refractivity contribution in [1.29, 1.82) is 0 Å². The number of rotatable bonds is 4. The Bertz CT molecular complexity index is 367. The molecule has 2 heteroatoms. The van der Waals surface area contributed by atoms with Crippen molar-refractivity contribution >= 4 is 23.2 Å². The number of hydrogen-bond acceptors (Lipinski definition) is 0. The predicted octanol–water partition coefficient (Wildman–Crippen LogP) is 5.24. The van der Waals surface area contributed by atoms with Crippen molar-refractivity contribution in [3.05, 3.63) is 34.3 Å². The molecular weight excluding hydrogens is 251 g/mol. The zero-order valence-corrected chi connectivity index (χ0v) is 11.9. The second-order valence-corrected chi connectivity index (χ2v) is 5.97. The molecule has 1 saturated carbocycles. The summed E-state index contributed by atoms with van der Waals surface area (Å²) in [7, 11) is 0. The summed E-state index contributed by atoms with van der Waals surface area (Å²) in [5.41, 5.74) is 2.48. The molecule has 17 heavy (non-hydrogen) atoms. The first kappa shape index (κ1) is 13.2. The van der Waals surface area contributed by atoms with Crippen LogP contribution in [0.4, 0.5) is 0 Å². The topological polar surface area (TPSA) is 0 Å². The van der Waals surface area contributed by atoms with Crippen molar-refractivity contribution in [3.63, 3.8) is 0 Å². The van der Waals surface area contributed by atoms with Crippen LogP contribution >= 0.6 is 23.2 Å². The molecule has 0 spiro atoms. The first-order valence-corrected chi connectivity index (χ1v) is 7.43. The molecule has 1 atom stereocenters. The quantitative estimate of drug-likeness (QED) is 0.657. The molecule has 1 fully saturated rings. The van der Waals surface area contributed by atoms with Gasteiger partial charge < -0.3 is 0 Å². The summed E-state index contributed by atoms with van der Waals surface area (Å²) in [6, 6.07) is 6.35. The van der Waals surface area contributed by atoms with Crippen molar-refractivity contribution in [2.75, 3.05) is 5.88 Å². The average molecular weight is 271 g/mol. The fourth-order valence-electron chi connectivity index (χ4n) is 2.88. The third kappa shape index (κ3) is 3.39. The minimum Gasteiger partial charge on any atom is -0.126 e. The van der Waals surface area contributed by atoms with E-state index in [1.807, 2.05) is 0 Å². The number of aryl methyl sites for hydroxylation is 1. The number of halogens is 2. The highest BCUT2D eigenvalue weighted by molar-refractivity contribution is 6.31. The molecule has 1 aromatic carbocycles. The molecule has 0 aromatic heterocycles. The van der Waals surface area contributed by atoms with E-state index in [0.717, 1.165) is 23.2 Å². The van der Waals surface area contributed by atoms with Crippen molar-refractivity contribution in [2.45, 2.75) is 39.0 Å². The normalized spacial score (nSPS) is 18.5. The molecule has 1 aliphatic carbocycles. The van der Waals surface area contributed by atoms with E-state index in [2.05, 4.69) is 25.1 Å². The fraction of sp³-hybridized carbons (Fsp3) is 0.600. The monoisotopic (exact) mass is 270 g/mol. The third-order valence-electron chi connectivity index (χ3n) is 3.96. The Morgan fingerprint density at radius 3 is 2.59 bits per heavy atom. The van der Waals surface area contributed by atoms with E-state index in [1.165, 1.54) is 36.8 Å². The van der Waals surface area contributed by atoms with Gasteiger partial charge in [0.15, 0.2) is 0 Å². The second kappa shape index (κ2) is 6.11. The summed E-state index contributed by atoms with van der Waals surface area (Å²) in [5, 5.41) is 0.901. The minimum absolute atomic E-state index is 0.597. The van der Waals surface area contributed by atoms with E-state index < -0.39 is 0 Å². The molecule has 0 nitrogen and oxygen atoms in total. The maximum atomic E-state index is 6.29. The molecular formula is C15H20Cl2. The highest BCUT2D eigenvalue weighted by Gasteiger charge is 2.24. The summed E-state index contributed by atoms with van der Waals surface area (Å²) >= 11 is 12.4. The van der Waals surface area contributed by atoms with Gasteiger partial charge in [-0.2, -0.15) is 0 Å². The SMILES string of the molecule is Cc1ccc(CC(CCl)C2CCCC2)c(Cl)c1. The lowest BCUT2D eigenvalue weighted by Crippen LogP contribution is -2.16. The zero-order valence-electron chi connectivity index (χ0n) is 10.4. The van der Waals surface area contributed by atoms with Crippen molar-refractivity contribution < 1.29 is 0 Å². The Morgan fingerprint density at radius 2 is 2.00 bits per heavy atom. The Hall–Kier alpha value is -0.200. The first-order chi connectivity index (χ1) is 8.20. The van der Waals surface area contributed by atoms with Gasteiger partial charge in [0.1, 0.15) is 0 Å². The van der Waals surface area contributed by atoms with Gasteiger partial charge in [-0.25, -0.2) is 0 Å². The summed E-state index contributed by atoms with van der Waals surface area (Å²) in [6.45, 7) is 2.08. The Kier molecular flexibility index (Phi) is 4.76. The van der Waals surface area contributed by atoms with Crippen molar-refractivity contribution in [1.82, 2.24) is 0 Å². The van der Waals surface area contributed by atoms with Crippen LogP contribution in [0.5, 0.6) is 0 Å². The van der Waals surface area contributed by atoms with Gasteiger partial charge in [0.05, 0.1) is 0 Å². The van der Waals surface area contributed by atoms with Crippen LogP contribution in [-0.2, 0) is 6.42 Å². The van der Waals surface area contributed by atoms with Crippen molar-refractivity contribution in [3.8, 4) is 0 Å².